The molecule has 0 aliphatic carbocycles. The van der Waals surface area contributed by atoms with Gasteiger partial charge in [-0.1, -0.05) is 30.3 Å². The maximum absolute atomic E-state index is 11.1. The Kier molecular flexibility index (Phi) is 5.00. The Balaban J connectivity index is 2.32. The first-order chi connectivity index (χ1) is 9.67. The summed E-state index contributed by atoms with van der Waals surface area (Å²) in [5.41, 5.74) is 2.56. The van der Waals surface area contributed by atoms with Gasteiger partial charge in [-0.15, -0.1) is 0 Å². The van der Waals surface area contributed by atoms with Gasteiger partial charge in [0.05, 0.1) is 10.7 Å². The molecule has 2 aromatic rings. The molecule has 0 aliphatic rings. The quantitative estimate of drug-likeness (QED) is 0.579. The van der Waals surface area contributed by atoms with E-state index >= 15 is 0 Å². The van der Waals surface area contributed by atoms with Gasteiger partial charge in [-0.2, -0.15) is 0 Å². The first kappa shape index (κ1) is 14.8. The largest absolute Gasteiger partial charge is 0.496 e. The number of carbonyl (C=O) groups is 1. The second-order valence-corrected chi connectivity index (χ2v) is 5.41. The number of carbonyl (C=O) groups excluding carboxylic acids is 1. The lowest BCUT2D eigenvalue weighted by Crippen LogP contribution is -2.03. The lowest BCUT2D eigenvalue weighted by Gasteiger charge is -2.15. The fourth-order valence-electron chi connectivity index (χ4n) is 1.92. The maximum Gasteiger partial charge on any atom is 0.151 e. The molecule has 20 heavy (non-hydrogen) atoms. The molecule has 3 nitrogen and oxygen atoms in total. The van der Waals surface area contributed by atoms with Gasteiger partial charge in [0.25, 0.3) is 0 Å². The van der Waals surface area contributed by atoms with E-state index in [0.29, 0.717) is 23.7 Å². The summed E-state index contributed by atoms with van der Waals surface area (Å²) in [6.45, 7) is 2.39. The Morgan fingerprint density at radius 3 is 2.55 bits per heavy atom. The predicted octanol–water partition coefficient (Wildman–Crippen LogP) is 4.00. The van der Waals surface area contributed by atoms with E-state index in [4.69, 9.17) is 9.47 Å². The molecule has 0 radical (unpaired) electrons. The summed E-state index contributed by atoms with van der Waals surface area (Å²) in [6.07, 6.45) is 0.819. The maximum atomic E-state index is 11.1. The molecule has 2 aromatic carbocycles. The smallest absolute Gasteiger partial charge is 0.151 e. The van der Waals surface area contributed by atoms with Crippen molar-refractivity contribution in [2.75, 3.05) is 7.11 Å². The summed E-state index contributed by atoms with van der Waals surface area (Å²) < 4.78 is 12.0. The number of aldehydes is 1. The highest BCUT2D eigenvalue weighted by Gasteiger charge is 2.15. The van der Waals surface area contributed by atoms with Gasteiger partial charge in [0, 0.05) is 11.1 Å². The van der Waals surface area contributed by atoms with E-state index in [2.05, 4.69) is 22.6 Å². The lowest BCUT2D eigenvalue weighted by molar-refractivity contribution is 0.112. The summed E-state index contributed by atoms with van der Waals surface area (Å²) in [5, 5.41) is 0. The summed E-state index contributed by atoms with van der Waals surface area (Å²) in [4.78, 5) is 11.1. The number of hydrogen-bond acceptors (Lipinski definition) is 3. The second-order valence-electron chi connectivity index (χ2n) is 4.33. The van der Waals surface area contributed by atoms with E-state index in [1.807, 2.05) is 37.3 Å². The van der Waals surface area contributed by atoms with E-state index in [1.54, 1.807) is 13.2 Å². The second kappa shape index (κ2) is 6.74. The summed E-state index contributed by atoms with van der Waals surface area (Å²) in [7, 11) is 1.59. The van der Waals surface area contributed by atoms with Gasteiger partial charge in [0.2, 0.25) is 0 Å². The zero-order valence-electron chi connectivity index (χ0n) is 11.4. The molecule has 0 aliphatic heterocycles. The molecule has 4 heteroatoms. The van der Waals surface area contributed by atoms with Gasteiger partial charge >= 0.3 is 0 Å². The van der Waals surface area contributed by atoms with Crippen molar-refractivity contribution in [3.63, 3.8) is 0 Å². The third-order valence-corrected chi connectivity index (χ3v) is 4.14. The summed E-state index contributed by atoms with van der Waals surface area (Å²) >= 11 is 2.13. The SMILES string of the molecule is COc1cc(C=O)c(I)c(OCc2ccccc2)c1C. The van der Waals surface area contributed by atoms with Crippen molar-refractivity contribution in [3.05, 3.63) is 56.7 Å². The molecule has 0 saturated heterocycles. The molecule has 0 atom stereocenters. The first-order valence-electron chi connectivity index (χ1n) is 6.16. The highest BCUT2D eigenvalue weighted by molar-refractivity contribution is 14.1. The molecule has 104 valence electrons. The molecule has 0 saturated carbocycles. The number of rotatable bonds is 5. The number of hydrogen-bond donors (Lipinski definition) is 0. The van der Waals surface area contributed by atoms with Gasteiger partial charge in [0.15, 0.2) is 6.29 Å². The number of ether oxygens (including phenoxy) is 2. The van der Waals surface area contributed by atoms with Crippen molar-refractivity contribution in [2.45, 2.75) is 13.5 Å². The van der Waals surface area contributed by atoms with Crippen LogP contribution in [0.4, 0.5) is 0 Å². The van der Waals surface area contributed by atoms with E-state index < -0.39 is 0 Å². The third-order valence-electron chi connectivity index (χ3n) is 3.02. The van der Waals surface area contributed by atoms with Gasteiger partial charge in [-0.05, 0) is 41.1 Å². The lowest BCUT2D eigenvalue weighted by atomic mass is 10.1. The van der Waals surface area contributed by atoms with Crippen molar-refractivity contribution in [2.24, 2.45) is 0 Å². The normalized spacial score (nSPS) is 10.2. The number of methoxy groups -OCH3 is 1. The predicted molar refractivity (Wildman–Crippen MR) is 86.6 cm³/mol. The minimum Gasteiger partial charge on any atom is -0.496 e. The molecule has 0 aromatic heterocycles. The van der Waals surface area contributed by atoms with Gasteiger partial charge in [0.1, 0.15) is 18.1 Å². The summed E-state index contributed by atoms with van der Waals surface area (Å²) in [5.74, 6) is 1.37. The van der Waals surface area contributed by atoms with E-state index in [9.17, 15) is 4.79 Å². The monoisotopic (exact) mass is 382 g/mol. The van der Waals surface area contributed by atoms with Crippen molar-refractivity contribution < 1.29 is 14.3 Å². The average molecular weight is 382 g/mol. The van der Waals surface area contributed by atoms with E-state index in [1.165, 1.54) is 0 Å². The molecular formula is C16H15IO3. The van der Waals surface area contributed by atoms with Crippen LogP contribution < -0.4 is 9.47 Å². The number of benzene rings is 2. The first-order valence-corrected chi connectivity index (χ1v) is 7.24. The fourth-order valence-corrected chi connectivity index (χ4v) is 2.76. The van der Waals surface area contributed by atoms with Crippen LogP contribution in [0, 0.1) is 10.5 Å². The minimum absolute atomic E-state index is 0.461. The van der Waals surface area contributed by atoms with Crippen molar-refractivity contribution in [1.82, 2.24) is 0 Å². The van der Waals surface area contributed by atoms with Crippen LogP contribution in [0.2, 0.25) is 0 Å². The van der Waals surface area contributed by atoms with E-state index in [0.717, 1.165) is 21.0 Å². The van der Waals surface area contributed by atoms with Gasteiger partial charge in [-0.3, -0.25) is 4.79 Å². The molecule has 0 fully saturated rings. The molecule has 0 unspecified atom stereocenters. The highest BCUT2D eigenvalue weighted by Crippen LogP contribution is 2.35. The van der Waals surface area contributed by atoms with Crippen LogP contribution in [-0.4, -0.2) is 13.4 Å². The van der Waals surface area contributed by atoms with Crippen LogP contribution in [0.1, 0.15) is 21.5 Å². The Bertz CT molecular complexity index is 609. The Morgan fingerprint density at radius 1 is 1.25 bits per heavy atom. The van der Waals surface area contributed by atoms with Crippen molar-refractivity contribution in [3.8, 4) is 11.5 Å². The molecule has 0 N–H and O–H groups in total. The van der Waals surface area contributed by atoms with Crippen LogP contribution in [-0.2, 0) is 6.61 Å². The molecule has 0 heterocycles. The highest BCUT2D eigenvalue weighted by atomic mass is 127. The van der Waals surface area contributed by atoms with Gasteiger partial charge in [-0.25, -0.2) is 0 Å². The Labute approximate surface area is 132 Å². The molecule has 2 rings (SSSR count). The average Bonchev–Trinajstić information content (AvgIpc) is 2.48. The zero-order chi connectivity index (χ0) is 14.5. The van der Waals surface area contributed by atoms with Crippen LogP contribution >= 0.6 is 22.6 Å². The van der Waals surface area contributed by atoms with Crippen LogP contribution in [0.25, 0.3) is 0 Å². The number of halogens is 1. The summed E-state index contributed by atoms with van der Waals surface area (Å²) in [6, 6.07) is 11.7. The minimum atomic E-state index is 0.461. The zero-order valence-corrected chi connectivity index (χ0v) is 13.5. The topological polar surface area (TPSA) is 35.5 Å². The van der Waals surface area contributed by atoms with Crippen LogP contribution in [0.15, 0.2) is 36.4 Å². The molecular weight excluding hydrogens is 367 g/mol. The standard InChI is InChI=1S/C16H15IO3/c1-11-14(19-2)8-13(9-18)15(17)16(11)20-10-12-6-4-3-5-7-12/h3-9H,10H2,1-2H3. The van der Waals surface area contributed by atoms with E-state index in [-0.39, 0.29) is 0 Å². The molecule has 0 spiro atoms. The van der Waals surface area contributed by atoms with Crippen LogP contribution in [0.5, 0.6) is 11.5 Å². The third kappa shape index (κ3) is 3.12. The fraction of sp³-hybridized carbons (Fsp3) is 0.188. The van der Waals surface area contributed by atoms with Crippen molar-refractivity contribution in [1.29, 1.82) is 0 Å². The molecule has 0 amide bonds. The van der Waals surface area contributed by atoms with Crippen molar-refractivity contribution >= 4 is 28.9 Å². The Hall–Kier alpha value is -1.56. The Morgan fingerprint density at radius 2 is 1.95 bits per heavy atom. The molecule has 0 bridgehead atoms. The van der Waals surface area contributed by atoms with Gasteiger partial charge < -0.3 is 9.47 Å². The van der Waals surface area contributed by atoms with Crippen LogP contribution in [0.3, 0.4) is 0 Å².